The number of ether oxygens (including phenoxy) is 1. The lowest BCUT2D eigenvalue weighted by molar-refractivity contribution is 0.132. The predicted octanol–water partition coefficient (Wildman–Crippen LogP) is 3.68. The van der Waals surface area contributed by atoms with Crippen LogP contribution >= 0.6 is 0 Å². The molecule has 2 nitrogen and oxygen atoms in total. The van der Waals surface area contributed by atoms with Crippen molar-refractivity contribution >= 4 is 0 Å². The third-order valence-corrected chi connectivity index (χ3v) is 3.78. The summed E-state index contributed by atoms with van der Waals surface area (Å²) in [5.41, 5.74) is 7.50. The fraction of sp³-hybridized carbons (Fsp3) is 0.625. The van der Waals surface area contributed by atoms with Crippen molar-refractivity contribution in [2.45, 2.75) is 64.0 Å². The lowest BCUT2D eigenvalue weighted by atomic mass is 9.93. The maximum absolute atomic E-state index is 6.10. The average molecular weight is 247 g/mol. The highest BCUT2D eigenvalue weighted by Gasteiger charge is 2.23. The van der Waals surface area contributed by atoms with Crippen LogP contribution in [0.3, 0.4) is 0 Å². The quantitative estimate of drug-likeness (QED) is 0.861. The summed E-state index contributed by atoms with van der Waals surface area (Å²) >= 11 is 0. The van der Waals surface area contributed by atoms with Gasteiger partial charge in [-0.2, -0.15) is 0 Å². The second-order valence-corrected chi connectivity index (χ2v) is 5.35. The molecule has 1 fully saturated rings. The number of unbranched alkanes of at least 4 members (excludes halogenated alkanes) is 1. The molecule has 1 aromatic carbocycles. The lowest BCUT2D eigenvalue weighted by Crippen LogP contribution is -2.41. The van der Waals surface area contributed by atoms with Crippen LogP contribution in [0, 0.1) is 0 Å². The number of aryl methyl sites for hydroxylation is 1. The zero-order valence-electron chi connectivity index (χ0n) is 11.4. The zero-order valence-corrected chi connectivity index (χ0v) is 11.4. The van der Waals surface area contributed by atoms with Crippen molar-refractivity contribution in [2.24, 2.45) is 5.73 Å². The van der Waals surface area contributed by atoms with E-state index in [0.717, 1.165) is 18.6 Å². The van der Waals surface area contributed by atoms with Gasteiger partial charge in [0, 0.05) is 6.04 Å². The van der Waals surface area contributed by atoms with Gasteiger partial charge in [-0.1, -0.05) is 31.9 Å². The van der Waals surface area contributed by atoms with Gasteiger partial charge in [0.05, 0.1) is 0 Å². The van der Waals surface area contributed by atoms with E-state index in [4.69, 9.17) is 10.5 Å². The molecular formula is C16H25NO. The predicted molar refractivity (Wildman–Crippen MR) is 75.9 cm³/mol. The van der Waals surface area contributed by atoms with E-state index < -0.39 is 0 Å². The standard InChI is InChI=1S/C16H25NO/c1-2-3-6-13-9-11-14(12-10-13)18-16-8-5-4-7-15(16)17/h9-12,15-16H,2-8,17H2,1H3. The number of hydrogen-bond acceptors (Lipinski definition) is 2. The monoisotopic (exact) mass is 247 g/mol. The first kappa shape index (κ1) is 13.4. The number of nitrogens with two attached hydrogens (primary N) is 1. The van der Waals surface area contributed by atoms with E-state index in [2.05, 4.69) is 31.2 Å². The molecule has 0 spiro atoms. The third kappa shape index (κ3) is 3.74. The molecule has 2 rings (SSSR count). The minimum Gasteiger partial charge on any atom is -0.489 e. The van der Waals surface area contributed by atoms with E-state index in [1.165, 1.54) is 37.7 Å². The summed E-state index contributed by atoms with van der Waals surface area (Å²) in [7, 11) is 0. The van der Waals surface area contributed by atoms with E-state index in [-0.39, 0.29) is 12.1 Å². The molecular weight excluding hydrogens is 222 g/mol. The molecule has 2 N–H and O–H groups in total. The molecule has 0 saturated heterocycles. The first-order valence-electron chi connectivity index (χ1n) is 7.31. The van der Waals surface area contributed by atoms with Crippen LogP contribution < -0.4 is 10.5 Å². The van der Waals surface area contributed by atoms with Crippen LogP contribution in [0.5, 0.6) is 5.75 Å². The van der Waals surface area contributed by atoms with Crippen molar-refractivity contribution in [3.05, 3.63) is 29.8 Å². The molecule has 1 aromatic rings. The Hall–Kier alpha value is -1.02. The second kappa shape index (κ2) is 6.79. The van der Waals surface area contributed by atoms with Crippen LogP contribution in [0.1, 0.15) is 51.0 Å². The summed E-state index contributed by atoms with van der Waals surface area (Å²) in [6.07, 6.45) is 8.56. The van der Waals surface area contributed by atoms with Crippen molar-refractivity contribution in [1.29, 1.82) is 0 Å². The summed E-state index contributed by atoms with van der Waals surface area (Å²) in [5, 5.41) is 0. The first-order chi connectivity index (χ1) is 8.79. The van der Waals surface area contributed by atoms with Gasteiger partial charge in [0.15, 0.2) is 0 Å². The van der Waals surface area contributed by atoms with E-state index in [1.807, 2.05) is 0 Å². The molecule has 0 radical (unpaired) electrons. The van der Waals surface area contributed by atoms with Gasteiger partial charge in [-0.25, -0.2) is 0 Å². The Balaban J connectivity index is 1.89. The van der Waals surface area contributed by atoms with Gasteiger partial charge in [0.1, 0.15) is 11.9 Å². The highest BCUT2D eigenvalue weighted by Crippen LogP contribution is 2.23. The molecule has 1 saturated carbocycles. The van der Waals surface area contributed by atoms with Crippen molar-refractivity contribution in [3.8, 4) is 5.75 Å². The molecule has 0 aromatic heterocycles. The van der Waals surface area contributed by atoms with E-state index in [1.54, 1.807) is 0 Å². The van der Waals surface area contributed by atoms with Crippen LogP contribution in [-0.2, 0) is 6.42 Å². The van der Waals surface area contributed by atoms with Crippen molar-refractivity contribution < 1.29 is 4.74 Å². The molecule has 0 amide bonds. The van der Waals surface area contributed by atoms with E-state index in [0.29, 0.717) is 0 Å². The topological polar surface area (TPSA) is 35.2 Å². The maximum atomic E-state index is 6.10. The van der Waals surface area contributed by atoms with Gasteiger partial charge in [0.25, 0.3) is 0 Å². The van der Waals surface area contributed by atoms with Gasteiger partial charge >= 0.3 is 0 Å². The Morgan fingerprint density at radius 2 is 1.89 bits per heavy atom. The highest BCUT2D eigenvalue weighted by atomic mass is 16.5. The summed E-state index contributed by atoms with van der Waals surface area (Å²) in [6, 6.07) is 8.75. The van der Waals surface area contributed by atoms with Gasteiger partial charge in [0.2, 0.25) is 0 Å². The molecule has 1 aliphatic carbocycles. The minimum atomic E-state index is 0.207. The smallest absolute Gasteiger partial charge is 0.119 e. The van der Waals surface area contributed by atoms with Gasteiger partial charge in [-0.05, 0) is 49.8 Å². The van der Waals surface area contributed by atoms with Crippen LogP contribution in [0.15, 0.2) is 24.3 Å². The van der Waals surface area contributed by atoms with E-state index >= 15 is 0 Å². The van der Waals surface area contributed by atoms with Crippen LogP contribution in [0.25, 0.3) is 0 Å². The number of hydrogen-bond donors (Lipinski definition) is 1. The van der Waals surface area contributed by atoms with Gasteiger partial charge in [-0.15, -0.1) is 0 Å². The molecule has 0 bridgehead atoms. The summed E-state index contributed by atoms with van der Waals surface area (Å²) in [6.45, 7) is 2.22. The Morgan fingerprint density at radius 1 is 1.17 bits per heavy atom. The average Bonchev–Trinajstić information content (AvgIpc) is 2.41. The van der Waals surface area contributed by atoms with Crippen molar-refractivity contribution in [2.75, 3.05) is 0 Å². The van der Waals surface area contributed by atoms with Crippen LogP contribution in [-0.4, -0.2) is 12.1 Å². The SMILES string of the molecule is CCCCc1ccc(OC2CCCCC2N)cc1. The molecule has 2 heteroatoms. The lowest BCUT2D eigenvalue weighted by Gasteiger charge is -2.29. The fourth-order valence-electron chi connectivity index (χ4n) is 2.56. The summed E-state index contributed by atoms with van der Waals surface area (Å²) in [4.78, 5) is 0. The fourth-order valence-corrected chi connectivity index (χ4v) is 2.56. The normalized spacial score (nSPS) is 23.9. The third-order valence-electron chi connectivity index (χ3n) is 3.78. The Kier molecular flexibility index (Phi) is 5.06. The second-order valence-electron chi connectivity index (χ2n) is 5.35. The Morgan fingerprint density at radius 3 is 2.56 bits per heavy atom. The highest BCUT2D eigenvalue weighted by molar-refractivity contribution is 5.27. The van der Waals surface area contributed by atoms with Crippen molar-refractivity contribution in [1.82, 2.24) is 0 Å². The molecule has 1 aliphatic rings. The van der Waals surface area contributed by atoms with Crippen LogP contribution in [0.4, 0.5) is 0 Å². The number of benzene rings is 1. The minimum absolute atomic E-state index is 0.207. The largest absolute Gasteiger partial charge is 0.489 e. The maximum Gasteiger partial charge on any atom is 0.119 e. The Bertz CT molecular complexity index is 347. The molecule has 18 heavy (non-hydrogen) atoms. The van der Waals surface area contributed by atoms with Gasteiger partial charge in [-0.3, -0.25) is 0 Å². The molecule has 2 atom stereocenters. The molecule has 100 valence electrons. The number of rotatable bonds is 5. The molecule has 0 aliphatic heterocycles. The van der Waals surface area contributed by atoms with Crippen LogP contribution in [0.2, 0.25) is 0 Å². The van der Waals surface area contributed by atoms with Crippen molar-refractivity contribution in [3.63, 3.8) is 0 Å². The molecule has 2 unspecified atom stereocenters. The summed E-state index contributed by atoms with van der Waals surface area (Å²) in [5.74, 6) is 0.970. The summed E-state index contributed by atoms with van der Waals surface area (Å²) < 4.78 is 6.00. The molecule has 0 heterocycles. The zero-order chi connectivity index (χ0) is 12.8. The van der Waals surface area contributed by atoms with Gasteiger partial charge < -0.3 is 10.5 Å². The van der Waals surface area contributed by atoms with E-state index in [9.17, 15) is 0 Å². The first-order valence-corrected chi connectivity index (χ1v) is 7.31. The Labute approximate surface area is 111 Å².